The zero-order valence-corrected chi connectivity index (χ0v) is 12.5. The van der Waals surface area contributed by atoms with E-state index >= 15 is 0 Å². The minimum Gasteiger partial charge on any atom is -0.492 e. The molecule has 0 unspecified atom stereocenters. The summed E-state index contributed by atoms with van der Waals surface area (Å²) < 4.78 is 37.4. The van der Waals surface area contributed by atoms with Crippen LogP contribution in [0.4, 0.5) is 0 Å². The molecule has 0 aliphatic rings. The lowest BCUT2D eigenvalue weighted by atomic mass is 10.3. The molecule has 0 saturated carbocycles. The molecule has 1 aromatic carbocycles. The number of ether oxygens (including phenoxy) is 1. The van der Waals surface area contributed by atoms with E-state index in [1.165, 1.54) is 6.07 Å². The number of rotatable bonds is 7. The maximum absolute atomic E-state index is 12.1. The van der Waals surface area contributed by atoms with Gasteiger partial charge < -0.3 is 14.9 Å². The first-order chi connectivity index (χ1) is 10.0. The van der Waals surface area contributed by atoms with Gasteiger partial charge in [-0.1, -0.05) is 18.2 Å². The zero-order valence-electron chi connectivity index (χ0n) is 11.7. The van der Waals surface area contributed by atoms with Crippen LogP contribution in [0.1, 0.15) is 11.5 Å². The predicted molar refractivity (Wildman–Crippen MR) is 78.5 cm³/mol. The molecule has 21 heavy (non-hydrogen) atoms. The average Bonchev–Trinajstić information content (AvgIpc) is 2.87. The molecule has 1 aromatic heterocycles. The Labute approximate surface area is 124 Å². The third kappa shape index (κ3) is 4.07. The fraction of sp³-hybridized carbons (Fsp3) is 0.286. The van der Waals surface area contributed by atoms with Gasteiger partial charge >= 0.3 is 0 Å². The normalized spacial score (nSPS) is 11.5. The van der Waals surface area contributed by atoms with E-state index in [0.717, 1.165) is 0 Å². The van der Waals surface area contributed by atoms with Gasteiger partial charge in [-0.25, -0.2) is 13.1 Å². The van der Waals surface area contributed by atoms with Crippen LogP contribution in [0.2, 0.25) is 0 Å². The van der Waals surface area contributed by atoms with E-state index < -0.39 is 10.0 Å². The summed E-state index contributed by atoms with van der Waals surface area (Å²) in [6, 6.07) is 10.6. The molecule has 2 rings (SSSR count). The van der Waals surface area contributed by atoms with E-state index in [-0.39, 0.29) is 24.6 Å². The first-order valence-electron chi connectivity index (χ1n) is 6.50. The van der Waals surface area contributed by atoms with Crippen LogP contribution in [0.5, 0.6) is 5.75 Å². The summed E-state index contributed by atoms with van der Waals surface area (Å²) in [6.07, 6.45) is 0. The SMILES string of the molecule is Cc1oc(CN)cc1S(=O)(=O)NCCOc1ccccc1. The number of aryl methyl sites for hydroxylation is 1. The third-order valence-corrected chi connectivity index (χ3v) is 4.39. The number of benzene rings is 1. The van der Waals surface area contributed by atoms with Gasteiger partial charge in [-0.05, 0) is 19.1 Å². The van der Waals surface area contributed by atoms with Gasteiger partial charge in [0.25, 0.3) is 0 Å². The monoisotopic (exact) mass is 310 g/mol. The van der Waals surface area contributed by atoms with Crippen molar-refractivity contribution in [3.63, 3.8) is 0 Å². The van der Waals surface area contributed by atoms with E-state index in [9.17, 15) is 8.42 Å². The van der Waals surface area contributed by atoms with Crippen LogP contribution in [-0.4, -0.2) is 21.6 Å². The second kappa shape index (κ2) is 6.75. The Morgan fingerprint density at radius 3 is 2.62 bits per heavy atom. The third-order valence-electron chi connectivity index (χ3n) is 2.82. The fourth-order valence-electron chi connectivity index (χ4n) is 1.83. The molecule has 0 aliphatic carbocycles. The van der Waals surface area contributed by atoms with Crippen LogP contribution in [0.15, 0.2) is 45.7 Å². The second-order valence-corrected chi connectivity index (χ2v) is 6.13. The summed E-state index contributed by atoms with van der Waals surface area (Å²) in [5.74, 6) is 1.46. The number of hydrogen-bond acceptors (Lipinski definition) is 5. The van der Waals surface area contributed by atoms with Gasteiger partial charge in [0, 0.05) is 12.6 Å². The predicted octanol–water partition coefficient (Wildman–Crippen LogP) is 1.40. The van der Waals surface area contributed by atoms with Crippen molar-refractivity contribution in [3.05, 3.63) is 47.9 Å². The number of furan rings is 1. The fourth-order valence-corrected chi connectivity index (χ4v) is 3.05. The van der Waals surface area contributed by atoms with E-state index in [1.54, 1.807) is 6.92 Å². The summed E-state index contributed by atoms with van der Waals surface area (Å²) in [7, 11) is -3.61. The van der Waals surface area contributed by atoms with Crippen LogP contribution in [0.25, 0.3) is 0 Å². The van der Waals surface area contributed by atoms with Gasteiger partial charge in [0.05, 0.1) is 6.54 Å². The molecule has 3 N–H and O–H groups in total. The molecule has 0 bridgehead atoms. The van der Waals surface area contributed by atoms with E-state index in [2.05, 4.69) is 4.72 Å². The van der Waals surface area contributed by atoms with Gasteiger partial charge in [0.2, 0.25) is 10.0 Å². The molecule has 0 radical (unpaired) electrons. The molecule has 0 saturated heterocycles. The maximum atomic E-state index is 12.1. The smallest absolute Gasteiger partial charge is 0.244 e. The summed E-state index contributed by atoms with van der Waals surface area (Å²) in [5, 5.41) is 0. The zero-order chi connectivity index (χ0) is 15.3. The first kappa shape index (κ1) is 15.6. The topological polar surface area (TPSA) is 94.6 Å². The lowest BCUT2D eigenvalue weighted by Crippen LogP contribution is -2.28. The summed E-state index contributed by atoms with van der Waals surface area (Å²) in [4.78, 5) is 0.114. The van der Waals surface area contributed by atoms with Crippen molar-refractivity contribution in [3.8, 4) is 5.75 Å². The van der Waals surface area contributed by atoms with Crippen molar-refractivity contribution in [2.45, 2.75) is 18.4 Å². The average molecular weight is 310 g/mol. The Hall–Kier alpha value is -1.83. The lowest BCUT2D eigenvalue weighted by Gasteiger charge is -2.07. The first-order valence-corrected chi connectivity index (χ1v) is 7.98. The second-order valence-electron chi connectivity index (χ2n) is 4.40. The van der Waals surface area contributed by atoms with Crippen molar-refractivity contribution in [2.75, 3.05) is 13.2 Å². The van der Waals surface area contributed by atoms with Crippen LogP contribution in [0.3, 0.4) is 0 Å². The van der Waals surface area contributed by atoms with E-state index in [4.69, 9.17) is 14.9 Å². The molecule has 0 atom stereocenters. The highest BCUT2D eigenvalue weighted by molar-refractivity contribution is 7.89. The standard InChI is InChI=1S/C14H18N2O4S/c1-11-14(9-13(10-15)20-11)21(17,18)16-7-8-19-12-5-3-2-4-6-12/h2-6,9,16H,7-8,10,15H2,1H3. The molecule has 0 amide bonds. The number of para-hydroxylation sites is 1. The van der Waals surface area contributed by atoms with Gasteiger partial charge in [0.1, 0.15) is 28.8 Å². The van der Waals surface area contributed by atoms with Crippen LogP contribution < -0.4 is 15.2 Å². The van der Waals surface area contributed by atoms with Gasteiger partial charge in [0.15, 0.2) is 0 Å². The molecule has 1 heterocycles. The molecule has 0 spiro atoms. The van der Waals surface area contributed by atoms with Crippen LogP contribution >= 0.6 is 0 Å². The van der Waals surface area contributed by atoms with Crippen molar-refractivity contribution < 1.29 is 17.6 Å². The summed E-state index contributed by atoms with van der Waals surface area (Å²) in [5.41, 5.74) is 5.43. The highest BCUT2D eigenvalue weighted by Crippen LogP contribution is 2.19. The minimum absolute atomic E-state index is 0.114. The largest absolute Gasteiger partial charge is 0.492 e. The number of nitrogens with two attached hydrogens (primary N) is 1. The maximum Gasteiger partial charge on any atom is 0.244 e. The lowest BCUT2D eigenvalue weighted by molar-refractivity contribution is 0.323. The molecule has 0 aliphatic heterocycles. The highest BCUT2D eigenvalue weighted by Gasteiger charge is 2.20. The van der Waals surface area contributed by atoms with Crippen molar-refractivity contribution in [1.82, 2.24) is 4.72 Å². The molecular formula is C14H18N2O4S. The van der Waals surface area contributed by atoms with Gasteiger partial charge in [-0.3, -0.25) is 0 Å². The number of nitrogens with one attached hydrogen (secondary N) is 1. The Bertz CT molecular complexity index is 680. The number of sulfonamides is 1. The van der Waals surface area contributed by atoms with E-state index in [0.29, 0.717) is 17.3 Å². The van der Waals surface area contributed by atoms with Crippen LogP contribution in [-0.2, 0) is 16.6 Å². The molecule has 114 valence electrons. The Morgan fingerprint density at radius 1 is 1.29 bits per heavy atom. The van der Waals surface area contributed by atoms with Gasteiger partial charge in [-0.15, -0.1) is 0 Å². The Morgan fingerprint density at radius 2 is 2.00 bits per heavy atom. The molecule has 7 heteroatoms. The van der Waals surface area contributed by atoms with Crippen molar-refractivity contribution in [2.24, 2.45) is 5.73 Å². The van der Waals surface area contributed by atoms with Gasteiger partial charge in [-0.2, -0.15) is 0 Å². The number of hydrogen-bond donors (Lipinski definition) is 2. The summed E-state index contributed by atoms with van der Waals surface area (Å²) >= 11 is 0. The molecule has 6 nitrogen and oxygen atoms in total. The highest BCUT2D eigenvalue weighted by atomic mass is 32.2. The minimum atomic E-state index is -3.61. The molecular weight excluding hydrogens is 292 g/mol. The van der Waals surface area contributed by atoms with Crippen molar-refractivity contribution in [1.29, 1.82) is 0 Å². The van der Waals surface area contributed by atoms with E-state index in [1.807, 2.05) is 30.3 Å². The molecule has 0 fully saturated rings. The quantitative estimate of drug-likeness (QED) is 0.754. The Kier molecular flexibility index (Phi) is 5.00. The Balaban J connectivity index is 1.91. The van der Waals surface area contributed by atoms with Crippen molar-refractivity contribution >= 4 is 10.0 Å². The molecule has 2 aromatic rings. The van der Waals surface area contributed by atoms with Crippen LogP contribution in [0, 0.1) is 6.92 Å². The summed E-state index contributed by atoms with van der Waals surface area (Å²) in [6.45, 7) is 2.16.